The zero-order valence-corrected chi connectivity index (χ0v) is 14.0. The molecule has 0 radical (unpaired) electrons. The van der Waals surface area contributed by atoms with E-state index in [1.54, 1.807) is 17.4 Å². The molecule has 1 aliphatic heterocycles. The largest absolute Gasteiger partial charge is 0.507 e. The van der Waals surface area contributed by atoms with Gasteiger partial charge in [0, 0.05) is 6.42 Å². The molecular formula is C20H19N2OS+. The topological polar surface area (TPSA) is 49.2 Å². The van der Waals surface area contributed by atoms with Crippen molar-refractivity contribution in [2.45, 2.75) is 18.6 Å². The van der Waals surface area contributed by atoms with Gasteiger partial charge in [0.15, 0.2) is 0 Å². The van der Waals surface area contributed by atoms with Crippen molar-refractivity contribution in [1.29, 1.82) is 0 Å². The van der Waals surface area contributed by atoms with Crippen molar-refractivity contribution in [2.24, 2.45) is 4.99 Å². The zero-order chi connectivity index (χ0) is 16.4. The van der Waals surface area contributed by atoms with Gasteiger partial charge in [-0.15, -0.1) is 11.3 Å². The molecule has 3 nitrogen and oxygen atoms in total. The average molecular weight is 335 g/mol. The number of nitrogens with zero attached hydrogens (tertiary/aromatic N) is 1. The fourth-order valence-electron chi connectivity index (χ4n) is 3.22. The third kappa shape index (κ3) is 2.98. The first-order valence-electron chi connectivity index (χ1n) is 8.09. The number of aliphatic imine (C=N–C) groups is 1. The summed E-state index contributed by atoms with van der Waals surface area (Å²) < 4.78 is 0. The molecule has 4 rings (SSSR count). The lowest BCUT2D eigenvalue weighted by atomic mass is 9.94. The third-order valence-corrected chi connectivity index (χ3v) is 5.34. The molecule has 3 N–H and O–H groups in total. The molecule has 0 bridgehead atoms. The summed E-state index contributed by atoms with van der Waals surface area (Å²) in [5.41, 5.74) is 3.24. The second kappa shape index (κ2) is 6.59. The van der Waals surface area contributed by atoms with Crippen molar-refractivity contribution in [2.75, 3.05) is 0 Å². The molecule has 2 atom stereocenters. The number of thiophene rings is 1. The van der Waals surface area contributed by atoms with E-state index >= 15 is 0 Å². The van der Waals surface area contributed by atoms with Gasteiger partial charge >= 0.3 is 0 Å². The van der Waals surface area contributed by atoms with E-state index in [1.807, 2.05) is 36.4 Å². The van der Waals surface area contributed by atoms with Crippen molar-refractivity contribution < 1.29 is 10.4 Å². The van der Waals surface area contributed by atoms with Crippen LogP contribution >= 0.6 is 11.3 Å². The number of nitrogens with two attached hydrogens (primary N) is 1. The van der Waals surface area contributed by atoms with Crippen molar-refractivity contribution in [3.63, 3.8) is 0 Å². The van der Waals surface area contributed by atoms with Crippen LogP contribution in [0, 0.1) is 0 Å². The number of benzene rings is 2. The Morgan fingerprint density at radius 2 is 1.75 bits per heavy atom. The number of phenols is 1. The first kappa shape index (κ1) is 15.1. The molecule has 2 aromatic carbocycles. The van der Waals surface area contributed by atoms with E-state index in [0.717, 1.165) is 23.3 Å². The van der Waals surface area contributed by atoms with Crippen LogP contribution in [0.4, 0.5) is 0 Å². The molecule has 0 spiro atoms. The van der Waals surface area contributed by atoms with Crippen LogP contribution in [0.2, 0.25) is 0 Å². The highest BCUT2D eigenvalue weighted by Crippen LogP contribution is 2.30. The quantitative estimate of drug-likeness (QED) is 0.754. The smallest absolute Gasteiger partial charge is 0.215 e. The maximum Gasteiger partial charge on any atom is 0.215 e. The fourth-order valence-corrected chi connectivity index (χ4v) is 3.96. The first-order valence-corrected chi connectivity index (χ1v) is 8.97. The summed E-state index contributed by atoms with van der Waals surface area (Å²) in [7, 11) is 0. The van der Waals surface area contributed by atoms with Crippen LogP contribution < -0.4 is 5.32 Å². The summed E-state index contributed by atoms with van der Waals surface area (Å²) in [6.07, 6.45) is 0.849. The van der Waals surface area contributed by atoms with Crippen LogP contribution in [0.3, 0.4) is 0 Å². The predicted octanol–water partition coefficient (Wildman–Crippen LogP) is 3.65. The van der Waals surface area contributed by atoms with Crippen LogP contribution in [0.5, 0.6) is 5.75 Å². The molecule has 0 amide bonds. The Labute approximate surface area is 145 Å². The van der Waals surface area contributed by atoms with Crippen LogP contribution in [0.25, 0.3) is 0 Å². The number of hydrogen-bond donors (Lipinski definition) is 2. The van der Waals surface area contributed by atoms with E-state index in [1.165, 1.54) is 4.88 Å². The Bertz CT molecular complexity index is 843. The Hall–Kier alpha value is -2.43. The van der Waals surface area contributed by atoms with Gasteiger partial charge in [-0.25, -0.2) is 4.99 Å². The molecule has 0 fully saturated rings. The highest BCUT2D eigenvalue weighted by atomic mass is 32.1. The highest BCUT2D eigenvalue weighted by Gasteiger charge is 2.31. The van der Waals surface area contributed by atoms with Gasteiger partial charge in [-0.2, -0.15) is 0 Å². The summed E-state index contributed by atoms with van der Waals surface area (Å²) in [5, 5.41) is 14.6. The number of aromatic hydroxyl groups is 1. The van der Waals surface area contributed by atoms with E-state index in [2.05, 4.69) is 35.0 Å². The van der Waals surface area contributed by atoms with Gasteiger partial charge in [-0.1, -0.05) is 48.5 Å². The lowest BCUT2D eigenvalue weighted by molar-refractivity contribution is -0.734. The number of hydrogen-bond acceptors (Lipinski definition) is 3. The van der Waals surface area contributed by atoms with Gasteiger partial charge in [-0.05, 0) is 29.1 Å². The van der Waals surface area contributed by atoms with Gasteiger partial charge in [0.2, 0.25) is 6.17 Å². The normalized spacial score (nSPS) is 20.6. The maximum atomic E-state index is 10.3. The number of quaternary nitrogens is 1. The minimum absolute atomic E-state index is 0.0403. The second-order valence-corrected chi connectivity index (χ2v) is 6.94. The maximum absolute atomic E-state index is 10.3. The highest BCUT2D eigenvalue weighted by molar-refractivity contribution is 7.10. The Morgan fingerprint density at radius 3 is 2.50 bits per heavy atom. The molecule has 24 heavy (non-hydrogen) atoms. The molecule has 0 aliphatic carbocycles. The Morgan fingerprint density at radius 1 is 0.958 bits per heavy atom. The lowest BCUT2D eigenvalue weighted by Crippen LogP contribution is -2.87. The van der Waals surface area contributed by atoms with E-state index in [0.29, 0.717) is 5.75 Å². The standard InChI is InChI=1S/C20H18N2OS/c23-18-10-5-4-9-15(18)17-13-16(14-7-2-1-3-8-14)21-20(22-17)19-11-6-12-24-19/h1-12,17,20,22-23H,13H2/p+1/t17-,20-/m0/s1. The van der Waals surface area contributed by atoms with Gasteiger partial charge in [-0.3, -0.25) is 0 Å². The van der Waals surface area contributed by atoms with E-state index in [9.17, 15) is 5.11 Å². The van der Waals surface area contributed by atoms with Crippen molar-refractivity contribution in [3.05, 3.63) is 88.1 Å². The minimum Gasteiger partial charge on any atom is -0.507 e. The average Bonchev–Trinajstić information content (AvgIpc) is 3.17. The summed E-state index contributed by atoms with van der Waals surface area (Å²) in [4.78, 5) is 6.23. The van der Waals surface area contributed by atoms with Gasteiger partial charge in [0.05, 0.1) is 16.2 Å². The summed E-state index contributed by atoms with van der Waals surface area (Å²) in [5.74, 6) is 0.359. The Kier molecular flexibility index (Phi) is 4.15. The van der Waals surface area contributed by atoms with E-state index < -0.39 is 0 Å². The number of rotatable bonds is 3. The Balaban J connectivity index is 1.74. The lowest BCUT2D eigenvalue weighted by Gasteiger charge is -2.27. The molecule has 2 heterocycles. The van der Waals surface area contributed by atoms with Crippen LogP contribution in [0.1, 0.15) is 34.6 Å². The van der Waals surface area contributed by atoms with Crippen LogP contribution in [-0.4, -0.2) is 10.8 Å². The first-order chi connectivity index (χ1) is 11.8. The van der Waals surface area contributed by atoms with Gasteiger partial charge < -0.3 is 10.4 Å². The SMILES string of the molecule is Oc1ccccc1[C@@H]1CC(c2ccccc2)=N[C@H](c2cccs2)[NH2+]1. The fraction of sp³-hybridized carbons (Fsp3) is 0.150. The zero-order valence-electron chi connectivity index (χ0n) is 13.2. The summed E-state index contributed by atoms with van der Waals surface area (Å²) >= 11 is 1.73. The molecule has 0 saturated heterocycles. The van der Waals surface area contributed by atoms with Crippen LogP contribution in [-0.2, 0) is 0 Å². The second-order valence-electron chi connectivity index (χ2n) is 5.96. The molecule has 0 saturated carbocycles. The van der Waals surface area contributed by atoms with E-state index in [-0.39, 0.29) is 12.2 Å². The predicted molar refractivity (Wildman–Crippen MR) is 97.4 cm³/mol. The number of phenolic OH excluding ortho intramolecular Hbond substituents is 1. The number of para-hydroxylation sites is 1. The summed E-state index contributed by atoms with van der Waals surface area (Å²) in [6, 6.07) is 22.3. The van der Waals surface area contributed by atoms with E-state index in [4.69, 9.17) is 4.99 Å². The monoisotopic (exact) mass is 335 g/mol. The van der Waals surface area contributed by atoms with Crippen LogP contribution in [0.15, 0.2) is 77.1 Å². The molecule has 4 heteroatoms. The summed E-state index contributed by atoms with van der Waals surface area (Å²) in [6.45, 7) is 0. The molecular weight excluding hydrogens is 316 g/mol. The van der Waals surface area contributed by atoms with Gasteiger partial charge in [0.25, 0.3) is 0 Å². The third-order valence-electron chi connectivity index (χ3n) is 4.40. The molecule has 120 valence electrons. The van der Waals surface area contributed by atoms with Crippen molar-refractivity contribution in [3.8, 4) is 5.75 Å². The minimum atomic E-state index is 0.0403. The molecule has 3 aromatic rings. The molecule has 1 aromatic heterocycles. The van der Waals surface area contributed by atoms with Crippen molar-refractivity contribution >= 4 is 17.0 Å². The molecule has 0 unspecified atom stereocenters. The van der Waals surface area contributed by atoms with Gasteiger partial charge in [0.1, 0.15) is 11.8 Å². The van der Waals surface area contributed by atoms with Crippen molar-refractivity contribution in [1.82, 2.24) is 0 Å². The molecule has 1 aliphatic rings.